The first-order valence-corrected chi connectivity index (χ1v) is 11.9. The number of rotatable bonds is 8. The second-order valence-corrected chi connectivity index (χ2v) is 8.45. The Morgan fingerprint density at radius 3 is 2.61 bits per heavy atom. The number of hydrogen-bond acceptors (Lipinski definition) is 5. The highest BCUT2D eigenvalue weighted by Gasteiger charge is 2.15. The predicted octanol–water partition coefficient (Wildman–Crippen LogP) is 6.98. The van der Waals surface area contributed by atoms with Crippen molar-refractivity contribution in [1.82, 2.24) is 5.43 Å². The number of amides is 1. The second kappa shape index (κ2) is 10.5. The quantitative estimate of drug-likeness (QED) is 0.185. The molecule has 0 aliphatic carbocycles. The molecule has 1 N–H and O–H groups in total. The average Bonchev–Trinajstić information content (AvgIpc) is 3.34. The van der Waals surface area contributed by atoms with Crippen LogP contribution in [0.1, 0.15) is 28.6 Å². The Hall–Kier alpha value is -4.29. The molecule has 1 aromatic heterocycles. The van der Waals surface area contributed by atoms with E-state index in [1.165, 1.54) is 6.21 Å². The van der Waals surface area contributed by atoms with E-state index in [1.54, 1.807) is 18.2 Å². The van der Waals surface area contributed by atoms with Crippen LogP contribution in [0.4, 0.5) is 0 Å². The summed E-state index contributed by atoms with van der Waals surface area (Å²) in [6.45, 7) is 2.68. The van der Waals surface area contributed by atoms with Gasteiger partial charge in [0.15, 0.2) is 17.3 Å². The molecule has 0 radical (unpaired) electrons. The van der Waals surface area contributed by atoms with Crippen LogP contribution in [-0.2, 0) is 6.61 Å². The van der Waals surface area contributed by atoms with Gasteiger partial charge in [0.25, 0.3) is 0 Å². The van der Waals surface area contributed by atoms with Gasteiger partial charge in [0.2, 0.25) is 0 Å². The summed E-state index contributed by atoms with van der Waals surface area (Å²) in [6.07, 6.45) is 1.49. The number of hydrazone groups is 1. The van der Waals surface area contributed by atoms with Crippen LogP contribution >= 0.6 is 11.6 Å². The Morgan fingerprint density at radius 1 is 0.972 bits per heavy atom. The molecule has 1 amide bonds. The van der Waals surface area contributed by atoms with E-state index in [0.29, 0.717) is 40.9 Å². The number of nitrogens with zero attached hydrogens (tertiary/aromatic N) is 1. The first-order valence-electron chi connectivity index (χ1n) is 11.5. The highest BCUT2D eigenvalue weighted by Crippen LogP contribution is 2.37. The van der Waals surface area contributed by atoms with E-state index in [2.05, 4.69) is 10.5 Å². The minimum absolute atomic E-state index is 0.177. The van der Waals surface area contributed by atoms with E-state index < -0.39 is 5.91 Å². The summed E-state index contributed by atoms with van der Waals surface area (Å²) >= 11 is 6.50. The minimum atomic E-state index is -0.453. The smallest absolute Gasteiger partial charge is 0.307 e. The molecule has 0 saturated carbocycles. The maximum atomic E-state index is 12.7. The Morgan fingerprint density at radius 2 is 1.78 bits per heavy atom. The van der Waals surface area contributed by atoms with E-state index >= 15 is 0 Å². The lowest BCUT2D eigenvalue weighted by molar-refractivity contribution is 0.0929. The van der Waals surface area contributed by atoms with E-state index in [1.807, 2.05) is 73.7 Å². The fourth-order valence-electron chi connectivity index (χ4n) is 3.92. The average molecular weight is 499 g/mol. The van der Waals surface area contributed by atoms with Crippen LogP contribution in [0.5, 0.6) is 11.5 Å². The molecule has 0 aliphatic rings. The Labute approximate surface area is 213 Å². The number of fused-ring (bicyclic) bond motifs is 3. The lowest BCUT2D eigenvalue weighted by atomic mass is 10.1. The fraction of sp³-hybridized carbons (Fsp3) is 0.103. The number of furan rings is 1. The van der Waals surface area contributed by atoms with Gasteiger partial charge in [-0.3, -0.25) is 4.79 Å². The van der Waals surface area contributed by atoms with Crippen molar-refractivity contribution in [2.75, 3.05) is 6.61 Å². The van der Waals surface area contributed by atoms with E-state index in [4.69, 9.17) is 25.5 Å². The zero-order valence-electron chi connectivity index (χ0n) is 19.5. The molecule has 0 bridgehead atoms. The molecule has 0 fully saturated rings. The fourth-order valence-corrected chi connectivity index (χ4v) is 4.19. The molecule has 0 saturated heterocycles. The van der Waals surface area contributed by atoms with E-state index in [-0.39, 0.29) is 5.76 Å². The third kappa shape index (κ3) is 5.04. The third-order valence-corrected chi connectivity index (χ3v) is 5.87. The highest BCUT2D eigenvalue weighted by molar-refractivity contribution is 6.32. The Kier molecular flexibility index (Phi) is 6.87. The SMILES string of the molecule is CCOc1cc(/C=N\NC(=O)c2cc3c(ccc4ccccc43)o2)cc(Cl)c1OCc1ccccc1. The molecule has 0 unspecified atom stereocenters. The van der Waals surface area contributed by atoms with Gasteiger partial charge in [0.1, 0.15) is 12.2 Å². The van der Waals surface area contributed by atoms with Crippen LogP contribution in [0, 0.1) is 0 Å². The maximum absolute atomic E-state index is 12.7. The van der Waals surface area contributed by atoms with Gasteiger partial charge >= 0.3 is 5.91 Å². The summed E-state index contributed by atoms with van der Waals surface area (Å²) in [6, 6.07) is 26.8. The Balaban J connectivity index is 1.31. The maximum Gasteiger partial charge on any atom is 0.307 e. The lowest BCUT2D eigenvalue weighted by Crippen LogP contribution is -2.16. The second-order valence-electron chi connectivity index (χ2n) is 8.05. The first kappa shape index (κ1) is 23.5. The van der Waals surface area contributed by atoms with Crippen LogP contribution in [0.25, 0.3) is 21.7 Å². The molecule has 7 heteroatoms. The summed E-state index contributed by atoms with van der Waals surface area (Å²) in [5, 5.41) is 7.44. The summed E-state index contributed by atoms with van der Waals surface area (Å²) in [5.74, 6) is 0.678. The molecule has 36 heavy (non-hydrogen) atoms. The summed E-state index contributed by atoms with van der Waals surface area (Å²) in [5.41, 5.74) is 4.81. The van der Waals surface area contributed by atoms with Gasteiger partial charge in [-0.05, 0) is 53.1 Å². The van der Waals surface area contributed by atoms with Crippen LogP contribution in [0.3, 0.4) is 0 Å². The summed E-state index contributed by atoms with van der Waals surface area (Å²) < 4.78 is 17.4. The molecule has 5 rings (SSSR count). The molecule has 1 heterocycles. The summed E-state index contributed by atoms with van der Waals surface area (Å²) in [7, 11) is 0. The predicted molar refractivity (Wildman–Crippen MR) is 142 cm³/mol. The van der Waals surface area contributed by atoms with Crippen molar-refractivity contribution < 1.29 is 18.7 Å². The van der Waals surface area contributed by atoms with Crippen molar-refractivity contribution in [3.63, 3.8) is 0 Å². The Bertz CT molecular complexity index is 1560. The van der Waals surface area contributed by atoms with Crippen LogP contribution < -0.4 is 14.9 Å². The number of carbonyl (C=O) groups is 1. The molecular formula is C29H23ClN2O4. The molecule has 4 aromatic carbocycles. The van der Waals surface area contributed by atoms with E-state index in [9.17, 15) is 4.79 Å². The van der Waals surface area contributed by atoms with Gasteiger partial charge in [-0.15, -0.1) is 0 Å². The normalized spacial score (nSPS) is 11.3. The topological polar surface area (TPSA) is 73.1 Å². The molecule has 0 aliphatic heterocycles. The van der Waals surface area contributed by atoms with Crippen molar-refractivity contribution in [3.05, 3.63) is 107 Å². The summed E-state index contributed by atoms with van der Waals surface area (Å²) in [4.78, 5) is 12.7. The molecule has 5 aromatic rings. The first-order chi connectivity index (χ1) is 17.6. The minimum Gasteiger partial charge on any atom is -0.490 e. The lowest BCUT2D eigenvalue weighted by Gasteiger charge is -2.14. The largest absolute Gasteiger partial charge is 0.490 e. The number of nitrogens with one attached hydrogen (secondary N) is 1. The number of carbonyl (C=O) groups excluding carboxylic acids is 1. The van der Waals surface area contributed by atoms with Crippen molar-refractivity contribution in [2.45, 2.75) is 13.5 Å². The monoisotopic (exact) mass is 498 g/mol. The van der Waals surface area contributed by atoms with Crippen molar-refractivity contribution in [2.24, 2.45) is 5.10 Å². The van der Waals surface area contributed by atoms with Crippen LogP contribution in [0.15, 0.2) is 94.4 Å². The number of hydrogen-bond donors (Lipinski definition) is 1. The van der Waals surface area contributed by atoms with Gasteiger partial charge in [0.05, 0.1) is 17.8 Å². The van der Waals surface area contributed by atoms with Gasteiger partial charge in [0, 0.05) is 5.39 Å². The number of ether oxygens (including phenoxy) is 2. The molecular weight excluding hydrogens is 476 g/mol. The van der Waals surface area contributed by atoms with E-state index in [0.717, 1.165) is 21.7 Å². The molecule has 0 atom stereocenters. The van der Waals surface area contributed by atoms with Gasteiger partial charge < -0.3 is 13.9 Å². The standard InChI is InChI=1S/C29H23ClN2O4/c1-2-34-26-15-20(14-24(30)28(26)35-18-19-8-4-3-5-9-19)17-31-32-29(33)27-16-23-22-11-7-6-10-21(22)12-13-25(23)36-27/h3-17H,2,18H2,1H3,(H,32,33)/b31-17-. The molecule has 180 valence electrons. The molecule has 6 nitrogen and oxygen atoms in total. The van der Waals surface area contributed by atoms with Gasteiger partial charge in [-0.25, -0.2) is 5.43 Å². The van der Waals surface area contributed by atoms with Crippen LogP contribution in [0.2, 0.25) is 5.02 Å². The molecule has 0 spiro atoms. The zero-order valence-corrected chi connectivity index (χ0v) is 20.3. The number of halogens is 1. The van der Waals surface area contributed by atoms with Crippen LogP contribution in [-0.4, -0.2) is 18.7 Å². The highest BCUT2D eigenvalue weighted by atomic mass is 35.5. The number of benzene rings is 4. The van der Waals surface area contributed by atoms with Gasteiger partial charge in [-0.2, -0.15) is 5.10 Å². The van der Waals surface area contributed by atoms with Gasteiger partial charge in [-0.1, -0.05) is 72.3 Å². The zero-order chi connectivity index (χ0) is 24.9. The van der Waals surface area contributed by atoms with Crippen molar-refractivity contribution in [3.8, 4) is 11.5 Å². The van der Waals surface area contributed by atoms with Crippen molar-refractivity contribution >= 4 is 45.5 Å². The third-order valence-electron chi connectivity index (χ3n) is 5.59. The van der Waals surface area contributed by atoms with Crippen molar-refractivity contribution in [1.29, 1.82) is 0 Å².